The number of H-pyrrole nitrogens is 1. The first-order chi connectivity index (χ1) is 10.6. The minimum Gasteiger partial charge on any atom is -0.351 e. The van der Waals surface area contributed by atoms with Crippen LogP contribution in [-0.4, -0.2) is 34.6 Å². The molecule has 3 rings (SSSR count). The van der Waals surface area contributed by atoms with Gasteiger partial charge in [0.15, 0.2) is 0 Å². The Bertz CT molecular complexity index is 680. The third kappa shape index (κ3) is 3.16. The maximum atomic E-state index is 12.1. The van der Waals surface area contributed by atoms with E-state index in [1.54, 1.807) is 4.90 Å². The summed E-state index contributed by atoms with van der Waals surface area (Å²) in [7, 11) is 0. The number of aryl methyl sites for hydroxylation is 1. The molecule has 0 bridgehead atoms. The molecule has 114 valence electrons. The number of anilines is 1. The second-order valence-electron chi connectivity index (χ2n) is 5.53. The van der Waals surface area contributed by atoms with E-state index in [9.17, 15) is 9.59 Å². The average molecular weight is 298 g/mol. The predicted octanol–water partition coefficient (Wildman–Crippen LogP) is 1.18. The highest BCUT2D eigenvalue weighted by atomic mass is 16.2. The average Bonchev–Trinajstić information content (AvgIpc) is 3.05. The number of carbonyl (C=O) groups is 2. The molecular weight excluding hydrogens is 280 g/mol. The van der Waals surface area contributed by atoms with Crippen molar-refractivity contribution >= 4 is 17.5 Å². The Labute approximate surface area is 128 Å². The molecule has 1 aromatic heterocycles. The number of rotatable bonds is 4. The molecule has 6 nitrogen and oxygen atoms in total. The molecule has 22 heavy (non-hydrogen) atoms. The Kier molecular flexibility index (Phi) is 3.91. The molecule has 1 saturated heterocycles. The molecule has 2 amide bonds. The van der Waals surface area contributed by atoms with Gasteiger partial charge in [-0.2, -0.15) is 5.10 Å². The van der Waals surface area contributed by atoms with E-state index in [1.807, 2.05) is 43.3 Å². The van der Waals surface area contributed by atoms with Crippen LogP contribution in [0.4, 0.5) is 5.69 Å². The number of nitrogens with one attached hydrogen (secondary N) is 2. The summed E-state index contributed by atoms with van der Waals surface area (Å²) in [4.78, 5) is 25.8. The summed E-state index contributed by atoms with van der Waals surface area (Å²) in [5, 5.41) is 9.77. The van der Waals surface area contributed by atoms with Crippen molar-refractivity contribution < 1.29 is 9.59 Å². The van der Waals surface area contributed by atoms with E-state index in [0.29, 0.717) is 18.7 Å². The number of hydrogen-bond acceptors (Lipinski definition) is 3. The number of carbonyl (C=O) groups excluding carboxylic acids is 2. The Morgan fingerprint density at radius 1 is 1.41 bits per heavy atom. The van der Waals surface area contributed by atoms with Crippen molar-refractivity contribution in [3.05, 3.63) is 47.8 Å². The first kappa shape index (κ1) is 14.3. The van der Waals surface area contributed by atoms with Crippen molar-refractivity contribution in [2.24, 2.45) is 0 Å². The van der Waals surface area contributed by atoms with Crippen molar-refractivity contribution in [1.82, 2.24) is 15.5 Å². The van der Waals surface area contributed by atoms with Gasteiger partial charge in [-0.05, 0) is 25.1 Å². The van der Waals surface area contributed by atoms with E-state index in [0.717, 1.165) is 11.4 Å². The van der Waals surface area contributed by atoms with Crippen LogP contribution in [0.3, 0.4) is 0 Å². The summed E-state index contributed by atoms with van der Waals surface area (Å²) in [6, 6.07) is 11.2. The molecule has 1 fully saturated rings. The Morgan fingerprint density at radius 3 is 2.86 bits per heavy atom. The molecule has 1 aromatic carbocycles. The summed E-state index contributed by atoms with van der Waals surface area (Å²) in [6.07, 6.45) is 0.556. The Morgan fingerprint density at radius 2 is 2.18 bits per heavy atom. The van der Waals surface area contributed by atoms with Gasteiger partial charge in [-0.15, -0.1) is 0 Å². The van der Waals surface area contributed by atoms with Gasteiger partial charge in [0, 0.05) is 24.3 Å². The van der Waals surface area contributed by atoms with Crippen molar-refractivity contribution in [2.45, 2.75) is 25.8 Å². The second kappa shape index (κ2) is 6.01. The zero-order chi connectivity index (χ0) is 15.5. The predicted molar refractivity (Wildman–Crippen MR) is 82.4 cm³/mol. The molecule has 0 radical (unpaired) electrons. The zero-order valence-corrected chi connectivity index (χ0v) is 12.4. The number of amides is 2. The van der Waals surface area contributed by atoms with Crippen molar-refractivity contribution in [3.63, 3.8) is 0 Å². The lowest BCUT2D eigenvalue weighted by Crippen LogP contribution is -2.38. The number of nitrogens with zero attached hydrogens (tertiary/aromatic N) is 2. The molecule has 1 aliphatic heterocycles. The van der Waals surface area contributed by atoms with Gasteiger partial charge in [0.2, 0.25) is 11.8 Å². The fourth-order valence-electron chi connectivity index (χ4n) is 2.67. The van der Waals surface area contributed by atoms with Gasteiger partial charge in [0.1, 0.15) is 0 Å². The van der Waals surface area contributed by atoms with Gasteiger partial charge in [0.05, 0.1) is 18.2 Å². The summed E-state index contributed by atoms with van der Waals surface area (Å²) in [6.45, 7) is 2.40. The van der Waals surface area contributed by atoms with Crippen LogP contribution in [0.5, 0.6) is 0 Å². The topological polar surface area (TPSA) is 78.1 Å². The van der Waals surface area contributed by atoms with Crippen LogP contribution in [0, 0.1) is 6.92 Å². The molecule has 0 aliphatic carbocycles. The summed E-state index contributed by atoms with van der Waals surface area (Å²) >= 11 is 0. The quantitative estimate of drug-likeness (QED) is 0.890. The van der Waals surface area contributed by atoms with Crippen LogP contribution < -0.4 is 10.2 Å². The molecule has 1 unspecified atom stereocenters. The van der Waals surface area contributed by atoms with E-state index in [4.69, 9.17) is 0 Å². The van der Waals surface area contributed by atoms with Crippen LogP contribution in [-0.2, 0) is 16.0 Å². The fraction of sp³-hybridized carbons (Fsp3) is 0.312. The van der Waals surface area contributed by atoms with Gasteiger partial charge in [-0.25, -0.2) is 0 Å². The third-order valence-corrected chi connectivity index (χ3v) is 3.66. The standard InChI is InChI=1S/C16H18N4O2/c1-11-7-12(19-18-11)8-15(21)17-13-9-16(22)20(10-13)14-5-3-2-4-6-14/h2-7,13H,8-10H2,1H3,(H,17,21)(H,18,19). The lowest BCUT2D eigenvalue weighted by molar-refractivity contribution is -0.121. The molecule has 1 atom stereocenters. The monoisotopic (exact) mass is 298 g/mol. The van der Waals surface area contributed by atoms with Gasteiger partial charge in [-0.3, -0.25) is 14.7 Å². The molecular formula is C16H18N4O2. The first-order valence-corrected chi connectivity index (χ1v) is 7.27. The third-order valence-electron chi connectivity index (χ3n) is 3.66. The first-order valence-electron chi connectivity index (χ1n) is 7.27. The maximum absolute atomic E-state index is 12.1. The highest BCUT2D eigenvalue weighted by Crippen LogP contribution is 2.21. The highest BCUT2D eigenvalue weighted by Gasteiger charge is 2.31. The van der Waals surface area contributed by atoms with Crippen LogP contribution in [0.1, 0.15) is 17.8 Å². The summed E-state index contributed by atoms with van der Waals surface area (Å²) in [5.74, 6) is -0.0775. The fourth-order valence-corrected chi connectivity index (χ4v) is 2.67. The smallest absolute Gasteiger partial charge is 0.229 e. The number of hydrogen-bond donors (Lipinski definition) is 2. The van der Waals surface area contributed by atoms with Gasteiger partial charge >= 0.3 is 0 Å². The van der Waals surface area contributed by atoms with Crippen molar-refractivity contribution in [1.29, 1.82) is 0 Å². The van der Waals surface area contributed by atoms with Crippen molar-refractivity contribution in [3.8, 4) is 0 Å². The molecule has 2 heterocycles. The Balaban J connectivity index is 1.58. The molecule has 2 N–H and O–H groups in total. The molecule has 0 saturated carbocycles. The van der Waals surface area contributed by atoms with E-state index < -0.39 is 0 Å². The van der Waals surface area contributed by atoms with Gasteiger partial charge < -0.3 is 10.2 Å². The van der Waals surface area contributed by atoms with Crippen molar-refractivity contribution in [2.75, 3.05) is 11.4 Å². The second-order valence-corrected chi connectivity index (χ2v) is 5.53. The normalized spacial score (nSPS) is 17.8. The SMILES string of the molecule is Cc1cc(CC(=O)NC2CC(=O)N(c3ccccc3)C2)n[nH]1. The molecule has 6 heteroatoms. The van der Waals surface area contributed by atoms with Crippen LogP contribution in [0.15, 0.2) is 36.4 Å². The van der Waals surface area contributed by atoms with Gasteiger partial charge in [-0.1, -0.05) is 18.2 Å². The van der Waals surface area contributed by atoms with Crippen LogP contribution in [0.25, 0.3) is 0 Å². The highest BCUT2D eigenvalue weighted by molar-refractivity contribution is 5.96. The summed E-state index contributed by atoms with van der Waals surface area (Å²) in [5.41, 5.74) is 2.50. The maximum Gasteiger partial charge on any atom is 0.229 e. The van der Waals surface area contributed by atoms with E-state index >= 15 is 0 Å². The number of para-hydroxylation sites is 1. The number of aromatic amines is 1. The molecule has 0 spiro atoms. The van der Waals surface area contributed by atoms with E-state index in [2.05, 4.69) is 15.5 Å². The minimum absolute atomic E-state index is 0.0344. The number of aromatic nitrogens is 2. The number of benzene rings is 1. The largest absolute Gasteiger partial charge is 0.351 e. The Hall–Kier alpha value is -2.63. The van der Waals surface area contributed by atoms with Crippen LogP contribution >= 0.6 is 0 Å². The lowest BCUT2D eigenvalue weighted by Gasteiger charge is -2.17. The van der Waals surface area contributed by atoms with Gasteiger partial charge in [0.25, 0.3) is 0 Å². The summed E-state index contributed by atoms with van der Waals surface area (Å²) < 4.78 is 0. The lowest BCUT2D eigenvalue weighted by atomic mass is 10.2. The van der Waals surface area contributed by atoms with Crippen LogP contribution in [0.2, 0.25) is 0 Å². The molecule has 1 aliphatic rings. The molecule has 2 aromatic rings. The van der Waals surface area contributed by atoms with E-state index in [1.165, 1.54) is 0 Å². The zero-order valence-electron chi connectivity index (χ0n) is 12.4. The van der Waals surface area contributed by atoms with E-state index in [-0.39, 0.29) is 24.3 Å². The minimum atomic E-state index is -0.153.